The van der Waals surface area contributed by atoms with Crippen molar-refractivity contribution in [3.63, 3.8) is 0 Å². The van der Waals surface area contributed by atoms with E-state index in [-0.39, 0.29) is 6.42 Å². The Morgan fingerprint density at radius 3 is 2.00 bits per heavy atom. The highest BCUT2D eigenvalue weighted by molar-refractivity contribution is 6.66. The Morgan fingerprint density at radius 1 is 1.60 bits per heavy atom. The maximum atomic E-state index is 10.5. The summed E-state index contributed by atoms with van der Waals surface area (Å²) in [7, 11) is 0. The summed E-state index contributed by atoms with van der Waals surface area (Å²) in [5.74, 6) is -1.17. The molecule has 0 saturated heterocycles. The number of carboxylic acid groups (broad SMARTS) is 1. The van der Waals surface area contributed by atoms with Crippen molar-refractivity contribution in [3.8, 4) is 0 Å². The lowest BCUT2D eigenvalue weighted by Crippen LogP contribution is -2.32. The minimum atomic E-state index is -1.42. The normalized spacial score (nSPS) is 15.9. The molecule has 0 heterocycles. The molecular formula is C6H9ClO3. The van der Waals surface area contributed by atoms with E-state index in [9.17, 15) is 9.59 Å². The second kappa shape index (κ2) is 3.01. The minimum absolute atomic E-state index is 0.213. The van der Waals surface area contributed by atoms with E-state index in [1.807, 2.05) is 0 Å². The zero-order chi connectivity index (χ0) is 8.36. The molecule has 0 fully saturated rings. The van der Waals surface area contributed by atoms with Crippen LogP contribution in [0.2, 0.25) is 0 Å². The Bertz CT molecular complexity index is 150. The van der Waals surface area contributed by atoms with E-state index in [0.717, 1.165) is 0 Å². The van der Waals surface area contributed by atoms with Crippen molar-refractivity contribution in [2.45, 2.75) is 20.3 Å². The number of carboxylic acids is 1. The van der Waals surface area contributed by atoms with Gasteiger partial charge in [-0.3, -0.25) is 9.59 Å². The highest BCUT2D eigenvalue weighted by atomic mass is 35.5. The van der Waals surface area contributed by atoms with Crippen LogP contribution in [-0.2, 0) is 9.59 Å². The van der Waals surface area contributed by atoms with Gasteiger partial charge in [-0.15, -0.1) is 0 Å². The second-order valence-electron chi connectivity index (χ2n) is 2.26. The predicted octanol–water partition coefficient (Wildman–Crippen LogP) is 1.25. The molecule has 0 radical (unpaired) electrons. The molecule has 0 amide bonds. The number of carbonyl (C=O) groups is 2. The average molecular weight is 165 g/mol. The predicted molar refractivity (Wildman–Crippen MR) is 36.9 cm³/mol. The van der Waals surface area contributed by atoms with E-state index in [2.05, 4.69) is 0 Å². The summed E-state index contributed by atoms with van der Waals surface area (Å²) in [6, 6.07) is 0. The van der Waals surface area contributed by atoms with Gasteiger partial charge in [0.05, 0.1) is 0 Å². The zero-order valence-electron chi connectivity index (χ0n) is 5.85. The van der Waals surface area contributed by atoms with Crippen LogP contribution in [0.3, 0.4) is 0 Å². The smallest absolute Gasteiger partial charge is 0.318 e. The van der Waals surface area contributed by atoms with Gasteiger partial charge < -0.3 is 5.11 Å². The first kappa shape index (κ1) is 9.43. The van der Waals surface area contributed by atoms with E-state index < -0.39 is 16.6 Å². The first-order chi connectivity index (χ1) is 4.45. The molecule has 0 aromatic heterocycles. The topological polar surface area (TPSA) is 54.4 Å². The average Bonchev–Trinajstić information content (AvgIpc) is 1.85. The number of carbonyl (C=O) groups excluding carboxylic acids is 1. The molecule has 0 bridgehead atoms. The van der Waals surface area contributed by atoms with E-state index >= 15 is 0 Å². The van der Waals surface area contributed by atoms with Gasteiger partial charge in [0.2, 0.25) is 5.24 Å². The highest BCUT2D eigenvalue weighted by Gasteiger charge is 2.37. The summed E-state index contributed by atoms with van der Waals surface area (Å²) < 4.78 is 0. The van der Waals surface area contributed by atoms with Crippen molar-refractivity contribution in [1.29, 1.82) is 0 Å². The van der Waals surface area contributed by atoms with Gasteiger partial charge in [-0.25, -0.2) is 0 Å². The maximum absolute atomic E-state index is 10.5. The van der Waals surface area contributed by atoms with E-state index in [1.165, 1.54) is 6.92 Å². The van der Waals surface area contributed by atoms with Crippen molar-refractivity contribution in [2.75, 3.05) is 0 Å². The van der Waals surface area contributed by atoms with Gasteiger partial charge in [0.25, 0.3) is 0 Å². The number of hydrogen-bond acceptors (Lipinski definition) is 2. The van der Waals surface area contributed by atoms with Crippen LogP contribution < -0.4 is 0 Å². The largest absolute Gasteiger partial charge is 0.480 e. The molecule has 0 rings (SSSR count). The van der Waals surface area contributed by atoms with Gasteiger partial charge in [-0.2, -0.15) is 0 Å². The van der Waals surface area contributed by atoms with Crippen molar-refractivity contribution in [3.05, 3.63) is 0 Å². The van der Waals surface area contributed by atoms with Crippen LogP contribution in [0.15, 0.2) is 0 Å². The molecule has 0 spiro atoms. The van der Waals surface area contributed by atoms with Crippen LogP contribution in [-0.4, -0.2) is 16.3 Å². The summed E-state index contributed by atoms with van der Waals surface area (Å²) in [6.07, 6.45) is 0.213. The SMILES string of the molecule is CCC(C)(C(=O)O)C(=O)Cl. The quantitative estimate of drug-likeness (QED) is 0.505. The zero-order valence-corrected chi connectivity index (χ0v) is 6.60. The first-order valence-corrected chi connectivity index (χ1v) is 3.26. The lowest BCUT2D eigenvalue weighted by Gasteiger charge is -2.16. The summed E-state index contributed by atoms with van der Waals surface area (Å²) >= 11 is 5.06. The van der Waals surface area contributed by atoms with Crippen LogP contribution in [0.4, 0.5) is 0 Å². The molecule has 0 saturated carbocycles. The fourth-order valence-corrected chi connectivity index (χ4v) is 0.589. The molecule has 10 heavy (non-hydrogen) atoms. The van der Waals surface area contributed by atoms with Gasteiger partial charge in [0.1, 0.15) is 5.41 Å². The fraction of sp³-hybridized carbons (Fsp3) is 0.667. The molecular weight excluding hydrogens is 156 g/mol. The Balaban J connectivity index is 4.55. The molecule has 3 nitrogen and oxygen atoms in total. The van der Waals surface area contributed by atoms with Gasteiger partial charge in [-0.05, 0) is 24.9 Å². The van der Waals surface area contributed by atoms with Crippen molar-refractivity contribution < 1.29 is 14.7 Å². The Hall–Kier alpha value is -0.570. The van der Waals surface area contributed by atoms with Crippen LogP contribution in [0.25, 0.3) is 0 Å². The summed E-state index contributed by atoms with van der Waals surface area (Å²) in [5, 5.41) is 7.68. The van der Waals surface area contributed by atoms with Crippen LogP contribution in [0.1, 0.15) is 20.3 Å². The van der Waals surface area contributed by atoms with E-state index in [1.54, 1.807) is 6.92 Å². The second-order valence-corrected chi connectivity index (χ2v) is 2.61. The third kappa shape index (κ3) is 1.48. The summed E-state index contributed by atoms with van der Waals surface area (Å²) in [5.41, 5.74) is -1.42. The Morgan fingerprint density at radius 2 is 2.00 bits per heavy atom. The third-order valence-corrected chi connectivity index (χ3v) is 2.03. The lowest BCUT2D eigenvalue weighted by molar-refractivity contribution is -0.151. The number of hydrogen-bond donors (Lipinski definition) is 1. The molecule has 58 valence electrons. The molecule has 1 unspecified atom stereocenters. The van der Waals surface area contributed by atoms with Crippen molar-refractivity contribution in [2.24, 2.45) is 5.41 Å². The molecule has 0 aliphatic heterocycles. The van der Waals surface area contributed by atoms with Crippen molar-refractivity contribution >= 4 is 22.8 Å². The maximum Gasteiger partial charge on any atom is 0.318 e. The molecule has 0 aliphatic carbocycles. The molecule has 0 aromatic rings. The van der Waals surface area contributed by atoms with Gasteiger partial charge >= 0.3 is 5.97 Å². The molecule has 4 heteroatoms. The number of halogens is 1. The van der Waals surface area contributed by atoms with Crippen LogP contribution in [0, 0.1) is 5.41 Å². The van der Waals surface area contributed by atoms with Gasteiger partial charge in [0.15, 0.2) is 0 Å². The fourth-order valence-electron chi connectivity index (χ4n) is 0.374. The van der Waals surface area contributed by atoms with Gasteiger partial charge in [0, 0.05) is 0 Å². The number of aliphatic carboxylic acids is 1. The first-order valence-electron chi connectivity index (χ1n) is 2.88. The van der Waals surface area contributed by atoms with Crippen LogP contribution >= 0.6 is 11.6 Å². The molecule has 1 N–H and O–H groups in total. The standard InChI is InChI=1S/C6H9ClO3/c1-3-6(2,4(7)8)5(9)10/h3H2,1-2H3,(H,9,10). The summed E-state index contributed by atoms with van der Waals surface area (Å²) in [6.45, 7) is 2.92. The van der Waals surface area contributed by atoms with Crippen molar-refractivity contribution in [1.82, 2.24) is 0 Å². The molecule has 0 aliphatic rings. The Kier molecular flexibility index (Phi) is 2.84. The number of rotatable bonds is 3. The Labute approximate surface area is 64.0 Å². The monoisotopic (exact) mass is 164 g/mol. The third-order valence-electron chi connectivity index (χ3n) is 1.61. The molecule has 0 aromatic carbocycles. The van der Waals surface area contributed by atoms with E-state index in [4.69, 9.17) is 16.7 Å². The highest BCUT2D eigenvalue weighted by Crippen LogP contribution is 2.24. The van der Waals surface area contributed by atoms with E-state index in [0.29, 0.717) is 0 Å². The minimum Gasteiger partial charge on any atom is -0.480 e. The molecule has 1 atom stereocenters. The van der Waals surface area contributed by atoms with Crippen LogP contribution in [0.5, 0.6) is 0 Å². The van der Waals surface area contributed by atoms with Gasteiger partial charge in [-0.1, -0.05) is 6.92 Å². The lowest BCUT2D eigenvalue weighted by atomic mass is 9.90. The summed E-state index contributed by atoms with van der Waals surface area (Å²) in [4.78, 5) is 20.9.